The zero-order valence-electron chi connectivity index (χ0n) is 31.3. The van der Waals surface area contributed by atoms with Crippen molar-refractivity contribution in [2.75, 3.05) is 70.7 Å². The summed E-state index contributed by atoms with van der Waals surface area (Å²) in [5, 5.41) is 13.3. The van der Waals surface area contributed by atoms with Crippen molar-refractivity contribution in [3.05, 3.63) is 99.8 Å². The van der Waals surface area contributed by atoms with Crippen LogP contribution in [0, 0.1) is 5.82 Å². The van der Waals surface area contributed by atoms with Gasteiger partial charge in [0, 0.05) is 80.6 Å². The molecule has 2 aliphatic rings. The van der Waals surface area contributed by atoms with Gasteiger partial charge in [-0.25, -0.2) is 9.37 Å². The molecule has 1 atom stereocenters. The van der Waals surface area contributed by atoms with Crippen LogP contribution < -0.4 is 4.90 Å². The number of Topliss-reactive ketones (excluding diaryl/α,β-unsaturated/α-hetero) is 1. The number of aromatic nitrogens is 1. The lowest BCUT2D eigenvalue weighted by Gasteiger charge is -2.36. The summed E-state index contributed by atoms with van der Waals surface area (Å²) in [5.41, 5.74) is 4.12. The van der Waals surface area contributed by atoms with Crippen LogP contribution >= 0.6 is 11.3 Å². The van der Waals surface area contributed by atoms with Crippen LogP contribution in [0.1, 0.15) is 65.1 Å². The highest BCUT2D eigenvalue weighted by Crippen LogP contribution is 2.38. The molecule has 0 bridgehead atoms. The average molecular weight is 773 g/mol. The minimum absolute atomic E-state index is 0.0664. The molecule has 55 heavy (non-hydrogen) atoms. The molecule has 2 aliphatic heterocycles. The van der Waals surface area contributed by atoms with Crippen LogP contribution in [0.3, 0.4) is 0 Å². The number of hydrogen-bond acceptors (Lipinski definition) is 10. The number of ether oxygens (including phenoxy) is 3. The third-order valence-corrected chi connectivity index (χ3v) is 10.8. The normalized spacial score (nSPS) is 14.7. The third kappa shape index (κ3) is 10.5. The van der Waals surface area contributed by atoms with Crippen LogP contribution in [0.2, 0.25) is 0 Å². The molecule has 1 N–H and O–H groups in total. The van der Waals surface area contributed by atoms with Gasteiger partial charge in [0.15, 0.2) is 5.78 Å². The van der Waals surface area contributed by atoms with Gasteiger partial charge in [-0.2, -0.15) is 0 Å². The SMILES string of the molecule is CCCCOCCOCCOCCC(=O)N1CCN(c2ccc(-c3ccc4c(c3)C(=O)N(C(C(=O)CCc3nccs3)c3cc(F)ccc3O)C4)cc2)CC1. The Bertz CT molecular complexity index is 1880. The number of nitrogens with zero attached hydrogens (tertiary/aromatic N) is 4. The number of thiazole rings is 1. The van der Waals surface area contributed by atoms with Gasteiger partial charge in [0.25, 0.3) is 5.91 Å². The minimum atomic E-state index is -1.15. The molecule has 4 aromatic rings. The number of anilines is 1. The zero-order chi connectivity index (χ0) is 38.6. The molecule has 2 amide bonds. The zero-order valence-corrected chi connectivity index (χ0v) is 32.1. The fourth-order valence-electron chi connectivity index (χ4n) is 6.90. The molecule has 1 aromatic heterocycles. The number of carbonyl (C=O) groups excluding carboxylic acids is 3. The predicted octanol–water partition coefficient (Wildman–Crippen LogP) is 6.44. The van der Waals surface area contributed by atoms with E-state index in [-0.39, 0.29) is 41.9 Å². The van der Waals surface area contributed by atoms with E-state index in [0.29, 0.717) is 77.6 Å². The van der Waals surface area contributed by atoms with E-state index in [1.54, 1.807) is 6.20 Å². The number of unbranched alkanes of at least 4 members (excludes halogenated alkanes) is 1. The lowest BCUT2D eigenvalue weighted by atomic mass is 9.97. The number of hydrogen-bond donors (Lipinski definition) is 1. The van der Waals surface area contributed by atoms with Crippen LogP contribution in [0.4, 0.5) is 10.1 Å². The number of piperazine rings is 1. The molecule has 13 heteroatoms. The summed E-state index contributed by atoms with van der Waals surface area (Å²) in [6, 6.07) is 16.1. The van der Waals surface area contributed by atoms with E-state index in [4.69, 9.17) is 14.2 Å². The Morgan fingerprint density at radius 1 is 0.873 bits per heavy atom. The first kappa shape index (κ1) is 40.0. The van der Waals surface area contributed by atoms with E-state index in [2.05, 4.69) is 16.8 Å². The average Bonchev–Trinajstić information content (AvgIpc) is 3.85. The van der Waals surface area contributed by atoms with Crippen molar-refractivity contribution >= 4 is 34.6 Å². The van der Waals surface area contributed by atoms with Gasteiger partial charge in [-0.05, 0) is 59.5 Å². The summed E-state index contributed by atoms with van der Waals surface area (Å²) in [6.45, 7) is 8.17. The number of amides is 2. The van der Waals surface area contributed by atoms with Gasteiger partial charge in [-0.3, -0.25) is 14.4 Å². The van der Waals surface area contributed by atoms with Crippen LogP contribution in [-0.4, -0.2) is 103 Å². The van der Waals surface area contributed by atoms with Gasteiger partial charge >= 0.3 is 0 Å². The van der Waals surface area contributed by atoms with E-state index in [9.17, 15) is 23.9 Å². The van der Waals surface area contributed by atoms with Crippen molar-refractivity contribution in [3.63, 3.8) is 0 Å². The van der Waals surface area contributed by atoms with E-state index in [1.165, 1.54) is 22.3 Å². The van der Waals surface area contributed by atoms with Crippen LogP contribution in [0.15, 0.2) is 72.2 Å². The summed E-state index contributed by atoms with van der Waals surface area (Å²) in [6.07, 6.45) is 4.65. The smallest absolute Gasteiger partial charge is 0.255 e. The van der Waals surface area contributed by atoms with Crippen LogP contribution in [0.5, 0.6) is 5.75 Å². The molecular formula is C42H49FN4O7S. The number of benzene rings is 3. The molecule has 292 valence electrons. The van der Waals surface area contributed by atoms with Crippen molar-refractivity contribution in [2.45, 2.75) is 51.6 Å². The number of fused-ring (bicyclic) bond motifs is 1. The molecule has 0 radical (unpaired) electrons. The summed E-state index contributed by atoms with van der Waals surface area (Å²) in [5.74, 6) is -1.41. The minimum Gasteiger partial charge on any atom is -0.508 e. The second kappa shape index (κ2) is 19.8. The van der Waals surface area contributed by atoms with Gasteiger partial charge in [0.1, 0.15) is 17.6 Å². The molecule has 3 aromatic carbocycles. The van der Waals surface area contributed by atoms with Crippen molar-refractivity contribution in [2.24, 2.45) is 0 Å². The maximum Gasteiger partial charge on any atom is 0.255 e. The number of aromatic hydroxyl groups is 1. The fraction of sp³-hybridized carbons (Fsp3) is 0.429. The summed E-state index contributed by atoms with van der Waals surface area (Å²) in [4.78, 5) is 50.3. The Kier molecular flexibility index (Phi) is 14.4. The first-order valence-corrected chi connectivity index (χ1v) is 19.9. The highest BCUT2D eigenvalue weighted by molar-refractivity contribution is 7.09. The molecule has 6 rings (SSSR count). The van der Waals surface area contributed by atoms with E-state index < -0.39 is 11.9 Å². The summed E-state index contributed by atoms with van der Waals surface area (Å²) < 4.78 is 31.0. The number of rotatable bonds is 20. The quantitative estimate of drug-likeness (QED) is 0.101. The molecule has 3 heterocycles. The lowest BCUT2D eigenvalue weighted by molar-refractivity contribution is -0.132. The van der Waals surface area contributed by atoms with Crippen molar-refractivity contribution in [1.29, 1.82) is 0 Å². The standard InChI is InChI=1S/C42H49FN4O7S/c1-2-3-20-52-22-24-54-25-23-53-21-14-40(50)46-18-16-45(17-19-46)34-9-6-30(7-10-34)31-4-5-32-29-47(42(51)35(32)27-31)41(36-28-33(43)8-11-37(36)48)38(49)12-13-39-44-15-26-55-39/h4-11,15,26-28,41,48H,2-3,12-14,16-25,29H2,1H3. The molecule has 1 unspecified atom stereocenters. The Morgan fingerprint density at radius 3 is 2.29 bits per heavy atom. The highest BCUT2D eigenvalue weighted by Gasteiger charge is 2.38. The lowest BCUT2D eigenvalue weighted by Crippen LogP contribution is -2.49. The van der Waals surface area contributed by atoms with Crippen molar-refractivity contribution in [3.8, 4) is 16.9 Å². The molecule has 1 fully saturated rings. The number of aryl methyl sites for hydroxylation is 1. The maximum atomic E-state index is 14.4. The molecule has 1 saturated heterocycles. The van der Waals surface area contributed by atoms with Crippen molar-refractivity contribution in [1.82, 2.24) is 14.8 Å². The Hall–Kier alpha value is -4.69. The summed E-state index contributed by atoms with van der Waals surface area (Å²) in [7, 11) is 0. The molecule has 0 aliphatic carbocycles. The number of phenols is 1. The topological polar surface area (TPSA) is 122 Å². The van der Waals surface area contributed by atoms with E-state index in [0.717, 1.165) is 59.0 Å². The van der Waals surface area contributed by atoms with Crippen LogP contribution in [0.25, 0.3) is 11.1 Å². The molecular weight excluding hydrogens is 724 g/mol. The largest absolute Gasteiger partial charge is 0.508 e. The monoisotopic (exact) mass is 772 g/mol. The predicted molar refractivity (Wildman–Crippen MR) is 209 cm³/mol. The Labute approximate surface area is 325 Å². The second-order valence-corrected chi connectivity index (χ2v) is 14.6. The maximum absolute atomic E-state index is 14.4. The summed E-state index contributed by atoms with van der Waals surface area (Å²) >= 11 is 1.44. The van der Waals surface area contributed by atoms with Gasteiger partial charge < -0.3 is 34.0 Å². The van der Waals surface area contributed by atoms with Gasteiger partial charge in [-0.15, -0.1) is 11.3 Å². The van der Waals surface area contributed by atoms with Gasteiger partial charge in [-0.1, -0.05) is 37.6 Å². The van der Waals surface area contributed by atoms with Gasteiger partial charge in [0.05, 0.1) is 44.5 Å². The molecule has 0 saturated carbocycles. The Morgan fingerprint density at radius 2 is 1.58 bits per heavy atom. The highest BCUT2D eigenvalue weighted by atomic mass is 32.1. The second-order valence-electron chi connectivity index (χ2n) is 13.7. The Balaban J connectivity index is 1.00. The third-order valence-electron chi connectivity index (χ3n) is 9.96. The van der Waals surface area contributed by atoms with E-state index in [1.807, 2.05) is 52.7 Å². The number of ketones is 1. The number of phenolic OH excluding ortho intramolecular Hbond substituents is 1. The van der Waals surface area contributed by atoms with E-state index >= 15 is 0 Å². The van der Waals surface area contributed by atoms with Crippen LogP contribution in [-0.2, 0) is 36.8 Å². The first-order valence-electron chi connectivity index (χ1n) is 19.0. The molecule has 0 spiro atoms. The first-order chi connectivity index (χ1) is 26.8. The van der Waals surface area contributed by atoms with Crippen molar-refractivity contribution < 1.29 is 38.1 Å². The number of carbonyl (C=O) groups is 3. The fourth-order valence-corrected chi connectivity index (χ4v) is 7.52. The number of halogens is 1. The van der Waals surface area contributed by atoms with Gasteiger partial charge in [0.2, 0.25) is 5.91 Å². The molecule has 11 nitrogen and oxygen atoms in total.